The number of nitrogens with one attached hydrogen (secondary N) is 1. The number of aromatic nitrogens is 1. The van der Waals surface area contributed by atoms with Gasteiger partial charge >= 0.3 is 6.09 Å². The van der Waals surface area contributed by atoms with Gasteiger partial charge in [0.05, 0.1) is 5.92 Å². The second-order valence-electron chi connectivity index (χ2n) is 7.48. The van der Waals surface area contributed by atoms with E-state index in [9.17, 15) is 20.0 Å². The molecule has 0 unspecified atom stereocenters. The Labute approximate surface area is 146 Å². The molecule has 138 valence electrons. The van der Waals surface area contributed by atoms with Crippen LogP contribution in [0.25, 0.3) is 0 Å². The lowest BCUT2D eigenvalue weighted by Gasteiger charge is -2.32. The summed E-state index contributed by atoms with van der Waals surface area (Å²) in [5.74, 6) is -1.04. The van der Waals surface area contributed by atoms with E-state index in [-0.39, 0.29) is 13.2 Å². The minimum Gasteiger partial charge on any atom is -0.444 e. The summed E-state index contributed by atoms with van der Waals surface area (Å²) in [7, 11) is 0. The molecule has 8 nitrogen and oxygen atoms in total. The summed E-state index contributed by atoms with van der Waals surface area (Å²) in [6.07, 6.45) is 3.87. The molecule has 1 fully saturated rings. The van der Waals surface area contributed by atoms with Crippen molar-refractivity contribution in [2.24, 2.45) is 5.92 Å². The van der Waals surface area contributed by atoms with Crippen molar-refractivity contribution in [1.82, 2.24) is 10.3 Å². The van der Waals surface area contributed by atoms with Gasteiger partial charge in [-0.1, -0.05) is 6.07 Å². The zero-order valence-corrected chi connectivity index (χ0v) is 14.8. The van der Waals surface area contributed by atoms with Crippen LogP contribution in [0.2, 0.25) is 0 Å². The molecule has 0 spiro atoms. The summed E-state index contributed by atoms with van der Waals surface area (Å²) in [4.78, 5) is 26.9. The molecule has 2 N–H and O–H groups in total. The number of nitro groups is 1. The van der Waals surface area contributed by atoms with Gasteiger partial charge in [0.1, 0.15) is 5.60 Å². The Balaban J connectivity index is 2.22. The third kappa shape index (κ3) is 5.12. The minimum absolute atomic E-state index is 0.275. The lowest BCUT2D eigenvalue weighted by atomic mass is 9.80. The molecule has 1 saturated carbocycles. The van der Waals surface area contributed by atoms with Crippen molar-refractivity contribution in [3.05, 3.63) is 40.2 Å². The van der Waals surface area contributed by atoms with Crippen molar-refractivity contribution in [2.45, 2.75) is 50.7 Å². The van der Waals surface area contributed by atoms with Gasteiger partial charge in [0.2, 0.25) is 6.54 Å². The van der Waals surface area contributed by atoms with Crippen LogP contribution < -0.4 is 5.32 Å². The van der Waals surface area contributed by atoms with Crippen molar-refractivity contribution in [2.75, 3.05) is 13.2 Å². The Morgan fingerprint density at radius 3 is 2.64 bits per heavy atom. The lowest BCUT2D eigenvalue weighted by Crippen LogP contribution is -2.48. The maximum Gasteiger partial charge on any atom is 0.408 e. The molecule has 0 aromatic carbocycles. The first-order valence-electron chi connectivity index (χ1n) is 8.30. The Kier molecular flexibility index (Phi) is 5.62. The van der Waals surface area contributed by atoms with Gasteiger partial charge in [0.25, 0.3) is 0 Å². The van der Waals surface area contributed by atoms with Crippen LogP contribution in [0.1, 0.15) is 45.1 Å². The molecule has 0 saturated heterocycles. The molecule has 1 aliphatic rings. The summed E-state index contributed by atoms with van der Waals surface area (Å²) in [6, 6.07) is 3.46. The predicted octanol–water partition coefficient (Wildman–Crippen LogP) is 2.11. The maximum atomic E-state index is 12.2. The van der Waals surface area contributed by atoms with Crippen molar-refractivity contribution in [3.63, 3.8) is 0 Å². The quantitative estimate of drug-likeness (QED) is 0.574. The largest absolute Gasteiger partial charge is 0.444 e. The highest BCUT2D eigenvalue weighted by Gasteiger charge is 2.54. The van der Waals surface area contributed by atoms with Crippen LogP contribution in [-0.2, 0) is 4.74 Å². The second kappa shape index (κ2) is 7.35. The molecule has 1 heterocycles. The molecule has 0 bridgehead atoms. The highest BCUT2D eigenvalue weighted by Crippen LogP contribution is 2.48. The highest BCUT2D eigenvalue weighted by atomic mass is 16.6. The van der Waals surface area contributed by atoms with Crippen LogP contribution in [0.5, 0.6) is 0 Å². The number of aliphatic hydroxyl groups is 1. The number of carbonyl (C=O) groups excluding carboxylic acids is 1. The van der Waals surface area contributed by atoms with Gasteiger partial charge in [-0.05, 0) is 45.2 Å². The third-order valence-corrected chi connectivity index (χ3v) is 4.39. The first-order chi connectivity index (χ1) is 11.7. The number of alkyl carbamates (subject to hydrolysis) is 1. The summed E-state index contributed by atoms with van der Waals surface area (Å²) in [5, 5.41) is 23.9. The number of hydrogen-bond donors (Lipinski definition) is 2. The molecular formula is C17H25N3O5. The molecule has 2 atom stereocenters. The van der Waals surface area contributed by atoms with E-state index < -0.39 is 34.0 Å². The van der Waals surface area contributed by atoms with Crippen LogP contribution in [0.4, 0.5) is 4.79 Å². The molecule has 1 aromatic heterocycles. The van der Waals surface area contributed by atoms with Gasteiger partial charge in [0, 0.05) is 35.4 Å². The summed E-state index contributed by atoms with van der Waals surface area (Å²) < 4.78 is 5.30. The Hall–Kier alpha value is -2.22. The van der Waals surface area contributed by atoms with Crippen molar-refractivity contribution < 1.29 is 19.6 Å². The number of carbonyl (C=O) groups is 1. The lowest BCUT2D eigenvalue weighted by molar-refractivity contribution is -0.485. The molecule has 25 heavy (non-hydrogen) atoms. The van der Waals surface area contributed by atoms with E-state index in [2.05, 4.69) is 10.3 Å². The SMILES string of the molecule is CC(C)(C)OC(=O)NC1([C@H](CO)[C@H](C[N+](=O)[O-])c2cccnc2)CC1. The molecule has 1 amide bonds. The Bertz CT molecular complexity index is 610. The number of pyridine rings is 1. The average Bonchev–Trinajstić information content (AvgIpc) is 3.25. The summed E-state index contributed by atoms with van der Waals surface area (Å²) in [5.41, 5.74) is -0.651. The van der Waals surface area contributed by atoms with E-state index in [0.29, 0.717) is 18.4 Å². The van der Waals surface area contributed by atoms with Crippen LogP contribution in [0, 0.1) is 16.0 Å². The molecule has 1 aromatic rings. The van der Waals surface area contributed by atoms with Gasteiger partial charge in [-0.15, -0.1) is 0 Å². The smallest absolute Gasteiger partial charge is 0.408 e. The fourth-order valence-electron chi connectivity index (χ4n) is 3.14. The van der Waals surface area contributed by atoms with E-state index in [1.807, 2.05) is 0 Å². The van der Waals surface area contributed by atoms with Gasteiger partial charge < -0.3 is 15.2 Å². The van der Waals surface area contributed by atoms with E-state index in [4.69, 9.17) is 4.74 Å². The Morgan fingerprint density at radius 1 is 1.52 bits per heavy atom. The van der Waals surface area contributed by atoms with E-state index in [1.165, 1.54) is 0 Å². The third-order valence-electron chi connectivity index (χ3n) is 4.39. The molecule has 2 rings (SSSR count). The second-order valence-corrected chi connectivity index (χ2v) is 7.48. The fourth-order valence-corrected chi connectivity index (χ4v) is 3.14. The van der Waals surface area contributed by atoms with E-state index >= 15 is 0 Å². The van der Waals surface area contributed by atoms with Crippen LogP contribution >= 0.6 is 0 Å². The summed E-state index contributed by atoms with van der Waals surface area (Å²) >= 11 is 0. The number of hydrogen-bond acceptors (Lipinski definition) is 6. The van der Waals surface area contributed by atoms with Crippen LogP contribution in [-0.4, -0.2) is 45.4 Å². The maximum absolute atomic E-state index is 12.2. The highest BCUT2D eigenvalue weighted by molar-refractivity contribution is 5.69. The molecule has 1 aliphatic carbocycles. The molecule has 8 heteroatoms. The topological polar surface area (TPSA) is 115 Å². The van der Waals surface area contributed by atoms with Gasteiger partial charge in [0.15, 0.2) is 0 Å². The average molecular weight is 351 g/mol. The first kappa shape index (κ1) is 19.1. The Morgan fingerprint density at radius 2 is 2.20 bits per heavy atom. The zero-order chi connectivity index (χ0) is 18.7. The number of ether oxygens (including phenoxy) is 1. The zero-order valence-electron chi connectivity index (χ0n) is 14.8. The van der Waals surface area contributed by atoms with Crippen LogP contribution in [0.3, 0.4) is 0 Å². The number of rotatable bonds is 7. The monoisotopic (exact) mass is 351 g/mol. The van der Waals surface area contributed by atoms with E-state index in [0.717, 1.165) is 0 Å². The first-order valence-corrected chi connectivity index (χ1v) is 8.30. The van der Waals surface area contributed by atoms with Crippen molar-refractivity contribution in [1.29, 1.82) is 0 Å². The van der Waals surface area contributed by atoms with Gasteiger partial charge in [-0.3, -0.25) is 15.1 Å². The fraction of sp³-hybridized carbons (Fsp3) is 0.647. The molecular weight excluding hydrogens is 326 g/mol. The number of amides is 1. The minimum atomic E-state index is -0.687. The van der Waals surface area contributed by atoms with Gasteiger partial charge in [-0.2, -0.15) is 0 Å². The van der Waals surface area contributed by atoms with Crippen molar-refractivity contribution >= 4 is 6.09 Å². The standard InChI is InChI=1S/C17H25N3O5/c1-16(2,3)25-15(22)19-17(6-7-17)14(11-21)13(10-20(23)24)12-5-4-8-18-9-12/h4-5,8-9,13-14,21H,6-7,10-11H2,1-3H3,(H,19,22)/t13-,14-/m1/s1. The van der Waals surface area contributed by atoms with E-state index in [1.54, 1.807) is 45.3 Å². The number of aliphatic hydroxyl groups excluding tert-OH is 1. The molecule has 0 aliphatic heterocycles. The van der Waals surface area contributed by atoms with Gasteiger partial charge in [-0.25, -0.2) is 4.79 Å². The predicted molar refractivity (Wildman–Crippen MR) is 90.7 cm³/mol. The molecule has 0 radical (unpaired) electrons. The van der Waals surface area contributed by atoms with Crippen LogP contribution in [0.15, 0.2) is 24.5 Å². The normalized spacial score (nSPS) is 18.1. The number of nitrogens with zero attached hydrogens (tertiary/aromatic N) is 2. The van der Waals surface area contributed by atoms with Crippen molar-refractivity contribution in [3.8, 4) is 0 Å². The summed E-state index contributed by atoms with van der Waals surface area (Å²) in [6.45, 7) is 4.68.